The molecular formula is C16H14N2O2. The Morgan fingerprint density at radius 3 is 2.55 bits per heavy atom. The molecule has 0 spiro atoms. The van der Waals surface area contributed by atoms with Crippen LogP contribution >= 0.6 is 0 Å². The van der Waals surface area contributed by atoms with Crippen LogP contribution in [0.1, 0.15) is 12.0 Å². The lowest BCUT2D eigenvalue weighted by molar-refractivity contribution is -0.138. The standard InChI is InChI=1S/C16H14N2O2/c19-16(20)15-8-13(10-18-15)12-6-7-14(17-9-12)11-4-2-1-3-5-11/h1-7,9-10,15,18H,8H2,(H,19,20). The van der Waals surface area contributed by atoms with Gasteiger partial charge in [-0.1, -0.05) is 36.4 Å². The number of benzene rings is 1. The van der Waals surface area contributed by atoms with Crippen molar-refractivity contribution < 1.29 is 9.90 Å². The van der Waals surface area contributed by atoms with Crippen molar-refractivity contribution in [2.24, 2.45) is 0 Å². The zero-order chi connectivity index (χ0) is 13.9. The van der Waals surface area contributed by atoms with E-state index >= 15 is 0 Å². The highest BCUT2D eigenvalue weighted by Gasteiger charge is 2.23. The summed E-state index contributed by atoms with van der Waals surface area (Å²) >= 11 is 0. The summed E-state index contributed by atoms with van der Waals surface area (Å²) in [5, 5.41) is 11.8. The van der Waals surface area contributed by atoms with Crippen LogP contribution in [0, 0.1) is 0 Å². The molecule has 0 fully saturated rings. The number of nitrogens with one attached hydrogen (secondary N) is 1. The van der Waals surface area contributed by atoms with Gasteiger partial charge in [0.15, 0.2) is 0 Å². The molecule has 1 unspecified atom stereocenters. The van der Waals surface area contributed by atoms with E-state index in [-0.39, 0.29) is 0 Å². The SMILES string of the molecule is O=C(O)C1CC(c2ccc(-c3ccccc3)nc2)=CN1. The summed E-state index contributed by atoms with van der Waals surface area (Å²) in [6.45, 7) is 0. The average molecular weight is 266 g/mol. The number of hydrogen-bond donors (Lipinski definition) is 2. The van der Waals surface area contributed by atoms with Gasteiger partial charge in [-0.2, -0.15) is 0 Å². The highest BCUT2D eigenvalue weighted by atomic mass is 16.4. The van der Waals surface area contributed by atoms with E-state index in [0.29, 0.717) is 6.42 Å². The lowest BCUT2D eigenvalue weighted by Gasteiger charge is -2.06. The maximum Gasteiger partial charge on any atom is 0.326 e. The van der Waals surface area contributed by atoms with E-state index in [2.05, 4.69) is 10.3 Å². The topological polar surface area (TPSA) is 62.2 Å². The summed E-state index contributed by atoms with van der Waals surface area (Å²) in [5.41, 5.74) is 3.92. The van der Waals surface area contributed by atoms with E-state index < -0.39 is 12.0 Å². The minimum absolute atomic E-state index is 0.488. The fraction of sp³-hybridized carbons (Fsp3) is 0.125. The summed E-state index contributed by atoms with van der Waals surface area (Å²) < 4.78 is 0. The second kappa shape index (κ2) is 5.17. The third kappa shape index (κ3) is 2.40. The van der Waals surface area contributed by atoms with Crippen molar-refractivity contribution in [1.29, 1.82) is 0 Å². The normalized spacial score (nSPS) is 17.4. The monoisotopic (exact) mass is 266 g/mol. The quantitative estimate of drug-likeness (QED) is 0.896. The molecule has 0 radical (unpaired) electrons. The molecule has 1 aromatic carbocycles. The van der Waals surface area contributed by atoms with E-state index in [1.165, 1.54) is 0 Å². The molecule has 1 aliphatic rings. The van der Waals surface area contributed by atoms with Gasteiger partial charge in [0, 0.05) is 24.4 Å². The molecule has 1 atom stereocenters. The Morgan fingerprint density at radius 1 is 1.15 bits per heavy atom. The molecular weight excluding hydrogens is 252 g/mol. The second-order valence-electron chi connectivity index (χ2n) is 4.73. The van der Waals surface area contributed by atoms with Crippen molar-refractivity contribution in [1.82, 2.24) is 10.3 Å². The Hall–Kier alpha value is -2.62. The van der Waals surface area contributed by atoms with E-state index in [1.54, 1.807) is 12.4 Å². The van der Waals surface area contributed by atoms with Crippen molar-refractivity contribution in [3.63, 3.8) is 0 Å². The average Bonchev–Trinajstić information content (AvgIpc) is 2.98. The summed E-state index contributed by atoms with van der Waals surface area (Å²) in [6.07, 6.45) is 4.04. The number of pyridine rings is 1. The van der Waals surface area contributed by atoms with Gasteiger partial charge in [0.25, 0.3) is 0 Å². The third-order valence-electron chi connectivity index (χ3n) is 3.38. The highest BCUT2D eigenvalue weighted by Crippen LogP contribution is 2.25. The summed E-state index contributed by atoms with van der Waals surface area (Å²) in [7, 11) is 0. The zero-order valence-electron chi connectivity index (χ0n) is 10.8. The lowest BCUT2D eigenvalue weighted by atomic mass is 10.0. The van der Waals surface area contributed by atoms with Crippen LogP contribution in [0.2, 0.25) is 0 Å². The predicted octanol–water partition coefficient (Wildman–Crippen LogP) is 2.54. The molecule has 2 heterocycles. The summed E-state index contributed by atoms with van der Waals surface area (Å²) in [6, 6.07) is 13.4. The molecule has 2 aromatic rings. The maximum atomic E-state index is 10.9. The van der Waals surface area contributed by atoms with Gasteiger partial charge in [0.2, 0.25) is 0 Å². The highest BCUT2D eigenvalue weighted by molar-refractivity contribution is 5.81. The van der Waals surface area contributed by atoms with Gasteiger partial charge < -0.3 is 10.4 Å². The Morgan fingerprint density at radius 2 is 1.95 bits per heavy atom. The predicted molar refractivity (Wildman–Crippen MR) is 76.8 cm³/mol. The number of hydrogen-bond acceptors (Lipinski definition) is 3. The first-order valence-electron chi connectivity index (χ1n) is 6.44. The van der Waals surface area contributed by atoms with Gasteiger partial charge in [-0.05, 0) is 17.2 Å². The number of rotatable bonds is 3. The largest absolute Gasteiger partial charge is 0.480 e. The number of carbonyl (C=O) groups is 1. The van der Waals surface area contributed by atoms with Crippen molar-refractivity contribution in [2.75, 3.05) is 0 Å². The van der Waals surface area contributed by atoms with Gasteiger partial charge in [-0.3, -0.25) is 4.98 Å². The fourth-order valence-electron chi connectivity index (χ4n) is 2.26. The molecule has 0 amide bonds. The zero-order valence-corrected chi connectivity index (χ0v) is 10.8. The molecule has 2 N–H and O–H groups in total. The van der Waals surface area contributed by atoms with Gasteiger partial charge in [0.05, 0.1) is 5.69 Å². The van der Waals surface area contributed by atoms with Gasteiger partial charge in [0.1, 0.15) is 6.04 Å². The van der Waals surface area contributed by atoms with Crippen LogP contribution in [0.4, 0.5) is 0 Å². The second-order valence-corrected chi connectivity index (χ2v) is 4.73. The van der Waals surface area contributed by atoms with Gasteiger partial charge in [-0.25, -0.2) is 4.79 Å². The van der Waals surface area contributed by atoms with Crippen LogP contribution in [0.3, 0.4) is 0 Å². The third-order valence-corrected chi connectivity index (χ3v) is 3.38. The molecule has 20 heavy (non-hydrogen) atoms. The smallest absolute Gasteiger partial charge is 0.326 e. The number of nitrogens with zero attached hydrogens (tertiary/aromatic N) is 1. The van der Waals surface area contributed by atoms with Gasteiger partial charge in [-0.15, -0.1) is 0 Å². The minimum Gasteiger partial charge on any atom is -0.480 e. The molecule has 0 bridgehead atoms. The van der Waals surface area contributed by atoms with Crippen LogP contribution < -0.4 is 5.32 Å². The summed E-state index contributed by atoms with van der Waals surface area (Å²) in [5.74, 6) is -0.829. The van der Waals surface area contributed by atoms with Crippen molar-refractivity contribution in [2.45, 2.75) is 12.5 Å². The first kappa shape index (κ1) is 12.4. The lowest BCUT2D eigenvalue weighted by Crippen LogP contribution is -2.28. The van der Waals surface area contributed by atoms with Gasteiger partial charge >= 0.3 is 5.97 Å². The van der Waals surface area contributed by atoms with Crippen LogP contribution in [0.25, 0.3) is 16.8 Å². The fourth-order valence-corrected chi connectivity index (χ4v) is 2.26. The molecule has 1 aliphatic heterocycles. The molecule has 3 rings (SSSR count). The Labute approximate surface area is 116 Å². The molecule has 1 aromatic heterocycles. The number of aliphatic carboxylic acids is 1. The van der Waals surface area contributed by atoms with Crippen LogP contribution in [0.5, 0.6) is 0 Å². The number of carboxylic acid groups (broad SMARTS) is 1. The first-order valence-corrected chi connectivity index (χ1v) is 6.44. The first-order chi connectivity index (χ1) is 9.74. The summed E-state index contributed by atoms with van der Waals surface area (Å²) in [4.78, 5) is 15.4. The van der Waals surface area contributed by atoms with E-state index in [1.807, 2.05) is 42.5 Å². The number of carboxylic acids is 1. The Bertz CT molecular complexity index is 648. The van der Waals surface area contributed by atoms with Crippen molar-refractivity contribution in [3.05, 3.63) is 60.4 Å². The van der Waals surface area contributed by atoms with Crippen LogP contribution in [0.15, 0.2) is 54.9 Å². The van der Waals surface area contributed by atoms with E-state index in [4.69, 9.17) is 5.11 Å². The van der Waals surface area contributed by atoms with Crippen molar-refractivity contribution in [3.8, 4) is 11.3 Å². The molecule has 100 valence electrons. The Balaban J connectivity index is 1.79. The maximum absolute atomic E-state index is 10.9. The Kier molecular flexibility index (Phi) is 3.21. The molecule has 4 nitrogen and oxygen atoms in total. The van der Waals surface area contributed by atoms with E-state index in [0.717, 1.165) is 22.4 Å². The number of aromatic nitrogens is 1. The molecule has 0 saturated heterocycles. The van der Waals surface area contributed by atoms with Crippen LogP contribution in [-0.4, -0.2) is 22.1 Å². The van der Waals surface area contributed by atoms with E-state index in [9.17, 15) is 4.79 Å². The van der Waals surface area contributed by atoms with Crippen LogP contribution in [-0.2, 0) is 4.79 Å². The minimum atomic E-state index is -0.829. The molecule has 4 heteroatoms. The van der Waals surface area contributed by atoms with Crippen molar-refractivity contribution >= 4 is 11.5 Å². The molecule has 0 saturated carbocycles. The molecule has 0 aliphatic carbocycles.